The fourth-order valence-corrected chi connectivity index (χ4v) is 1.19. The summed E-state index contributed by atoms with van der Waals surface area (Å²) in [4.78, 5) is 15.3. The van der Waals surface area contributed by atoms with Gasteiger partial charge in [0, 0.05) is 6.07 Å². The van der Waals surface area contributed by atoms with Gasteiger partial charge in [-0.1, -0.05) is 0 Å². The molecule has 0 aliphatic heterocycles. The summed E-state index contributed by atoms with van der Waals surface area (Å²) in [5.74, 6) is 0.422. The number of methoxy groups -OCH3 is 1. The van der Waals surface area contributed by atoms with Crippen LogP contribution in [0.5, 0.6) is 11.5 Å². The maximum atomic E-state index is 11.4. The van der Waals surface area contributed by atoms with Crippen molar-refractivity contribution in [1.82, 2.24) is 4.98 Å². The van der Waals surface area contributed by atoms with E-state index in [-0.39, 0.29) is 5.69 Å². The van der Waals surface area contributed by atoms with Crippen LogP contribution in [0.4, 0.5) is 0 Å². The third-order valence-corrected chi connectivity index (χ3v) is 1.82. The number of aromatic nitrogens is 1. The van der Waals surface area contributed by atoms with Crippen molar-refractivity contribution in [3.05, 3.63) is 18.0 Å². The highest BCUT2D eigenvalue weighted by molar-refractivity contribution is 5.90. The first-order chi connectivity index (χ1) is 7.72. The molecule has 0 radical (unpaired) electrons. The molecule has 0 amide bonds. The lowest BCUT2D eigenvalue weighted by Gasteiger charge is -2.09. The van der Waals surface area contributed by atoms with E-state index >= 15 is 0 Å². The van der Waals surface area contributed by atoms with Gasteiger partial charge in [0.25, 0.3) is 0 Å². The number of rotatable bonds is 5. The molecule has 5 heteroatoms. The molecule has 5 nitrogen and oxygen atoms in total. The molecule has 0 fully saturated rings. The number of hydrogen-bond donors (Lipinski definition) is 0. The molecule has 0 aliphatic carbocycles. The van der Waals surface area contributed by atoms with Crippen LogP contribution < -0.4 is 9.47 Å². The lowest BCUT2D eigenvalue weighted by atomic mass is 10.3. The molecular weight excluding hydrogens is 210 g/mol. The second-order valence-corrected chi connectivity index (χ2v) is 2.88. The summed E-state index contributed by atoms with van der Waals surface area (Å²) in [6.07, 6.45) is 1.47. The number of esters is 1. The maximum Gasteiger partial charge on any atom is 0.360 e. The summed E-state index contributed by atoms with van der Waals surface area (Å²) in [5, 5.41) is 0. The van der Waals surface area contributed by atoms with Crippen LogP contribution in [0.2, 0.25) is 0 Å². The van der Waals surface area contributed by atoms with E-state index in [0.29, 0.717) is 24.7 Å². The van der Waals surface area contributed by atoms with Gasteiger partial charge in [0.15, 0.2) is 11.4 Å². The fourth-order valence-electron chi connectivity index (χ4n) is 1.19. The Balaban J connectivity index is 3.03. The van der Waals surface area contributed by atoms with Crippen LogP contribution in [0.3, 0.4) is 0 Å². The average molecular weight is 225 g/mol. The molecule has 1 aromatic rings. The standard InChI is InChI=1S/C11H15NO4/c1-4-15-8-6-9(16-5-2)10(12-7-8)11(13)14-3/h6-7H,4-5H2,1-3H3. The first-order valence-corrected chi connectivity index (χ1v) is 5.06. The van der Waals surface area contributed by atoms with Gasteiger partial charge in [-0.3, -0.25) is 0 Å². The predicted molar refractivity (Wildman–Crippen MR) is 57.9 cm³/mol. The minimum Gasteiger partial charge on any atom is -0.492 e. The van der Waals surface area contributed by atoms with E-state index in [1.165, 1.54) is 13.3 Å². The third kappa shape index (κ3) is 2.85. The SMILES string of the molecule is CCOc1cnc(C(=O)OC)c(OCC)c1. The Morgan fingerprint density at radius 3 is 2.56 bits per heavy atom. The first-order valence-electron chi connectivity index (χ1n) is 5.06. The predicted octanol–water partition coefficient (Wildman–Crippen LogP) is 1.67. The smallest absolute Gasteiger partial charge is 0.360 e. The number of hydrogen-bond acceptors (Lipinski definition) is 5. The van der Waals surface area contributed by atoms with Gasteiger partial charge in [0.05, 0.1) is 26.5 Å². The highest BCUT2D eigenvalue weighted by Crippen LogP contribution is 2.23. The molecule has 88 valence electrons. The molecule has 1 heterocycles. The Morgan fingerprint density at radius 1 is 1.31 bits per heavy atom. The van der Waals surface area contributed by atoms with Crippen molar-refractivity contribution in [2.75, 3.05) is 20.3 Å². The lowest BCUT2D eigenvalue weighted by molar-refractivity contribution is 0.0589. The monoisotopic (exact) mass is 225 g/mol. The van der Waals surface area contributed by atoms with Crippen molar-refractivity contribution in [2.24, 2.45) is 0 Å². The number of carbonyl (C=O) groups is 1. The topological polar surface area (TPSA) is 57.7 Å². The Labute approximate surface area is 94.3 Å². The maximum absolute atomic E-state index is 11.4. The average Bonchev–Trinajstić information content (AvgIpc) is 2.29. The van der Waals surface area contributed by atoms with Gasteiger partial charge in [-0.15, -0.1) is 0 Å². The Hall–Kier alpha value is -1.78. The normalized spacial score (nSPS) is 9.69. The van der Waals surface area contributed by atoms with Crippen molar-refractivity contribution in [1.29, 1.82) is 0 Å². The van der Waals surface area contributed by atoms with Crippen LogP contribution in [0, 0.1) is 0 Å². The zero-order chi connectivity index (χ0) is 12.0. The van der Waals surface area contributed by atoms with Crippen LogP contribution >= 0.6 is 0 Å². The summed E-state index contributed by atoms with van der Waals surface area (Å²) in [6, 6.07) is 1.63. The summed E-state index contributed by atoms with van der Waals surface area (Å²) < 4.78 is 15.2. The van der Waals surface area contributed by atoms with E-state index in [0.717, 1.165) is 0 Å². The van der Waals surface area contributed by atoms with Gasteiger partial charge in [-0.2, -0.15) is 0 Å². The van der Waals surface area contributed by atoms with Crippen LogP contribution in [0.15, 0.2) is 12.3 Å². The summed E-state index contributed by atoms with van der Waals surface area (Å²) in [7, 11) is 1.30. The molecule has 0 aliphatic rings. The molecule has 0 N–H and O–H groups in total. The van der Waals surface area contributed by atoms with Crippen molar-refractivity contribution in [3.8, 4) is 11.5 Å². The molecule has 0 spiro atoms. The van der Waals surface area contributed by atoms with Gasteiger partial charge in [0.2, 0.25) is 0 Å². The van der Waals surface area contributed by atoms with Gasteiger partial charge >= 0.3 is 5.97 Å². The number of pyridine rings is 1. The van der Waals surface area contributed by atoms with Crippen molar-refractivity contribution in [3.63, 3.8) is 0 Å². The number of carbonyl (C=O) groups excluding carboxylic acids is 1. The van der Waals surface area contributed by atoms with E-state index in [4.69, 9.17) is 9.47 Å². The van der Waals surface area contributed by atoms with Crippen LogP contribution in [-0.2, 0) is 4.74 Å². The third-order valence-electron chi connectivity index (χ3n) is 1.82. The van der Waals surface area contributed by atoms with Gasteiger partial charge in [-0.05, 0) is 13.8 Å². The van der Waals surface area contributed by atoms with Crippen molar-refractivity contribution in [2.45, 2.75) is 13.8 Å². The summed E-state index contributed by atoms with van der Waals surface area (Å²) in [6.45, 7) is 4.68. The molecule has 16 heavy (non-hydrogen) atoms. The van der Waals surface area contributed by atoms with Crippen molar-refractivity contribution < 1.29 is 19.0 Å². The molecule has 0 atom stereocenters. The van der Waals surface area contributed by atoms with Gasteiger partial charge in [0.1, 0.15) is 5.75 Å². The molecule has 0 saturated heterocycles. The van der Waals surface area contributed by atoms with Gasteiger partial charge < -0.3 is 14.2 Å². The zero-order valence-electron chi connectivity index (χ0n) is 9.65. The molecular formula is C11H15NO4. The lowest BCUT2D eigenvalue weighted by Crippen LogP contribution is -2.08. The molecule has 0 saturated carbocycles. The van der Waals surface area contributed by atoms with Gasteiger partial charge in [-0.25, -0.2) is 9.78 Å². The molecule has 1 aromatic heterocycles. The fraction of sp³-hybridized carbons (Fsp3) is 0.455. The Kier molecular flexibility index (Phi) is 4.57. The molecule has 0 bridgehead atoms. The molecule has 0 unspecified atom stereocenters. The van der Waals surface area contributed by atoms with Crippen molar-refractivity contribution >= 4 is 5.97 Å². The second kappa shape index (κ2) is 5.95. The Morgan fingerprint density at radius 2 is 2.00 bits per heavy atom. The number of nitrogens with zero attached hydrogens (tertiary/aromatic N) is 1. The van der Waals surface area contributed by atoms with Crippen LogP contribution in [-0.4, -0.2) is 31.3 Å². The Bertz CT molecular complexity index is 365. The van der Waals surface area contributed by atoms with E-state index in [1.54, 1.807) is 6.07 Å². The second-order valence-electron chi connectivity index (χ2n) is 2.88. The highest BCUT2D eigenvalue weighted by Gasteiger charge is 2.15. The zero-order valence-corrected chi connectivity index (χ0v) is 9.65. The minimum atomic E-state index is -0.522. The van der Waals surface area contributed by atoms with E-state index in [1.807, 2.05) is 13.8 Å². The van der Waals surface area contributed by atoms with E-state index < -0.39 is 5.97 Å². The summed E-state index contributed by atoms with van der Waals surface area (Å²) in [5.41, 5.74) is 0.160. The van der Waals surface area contributed by atoms with Crippen LogP contribution in [0.25, 0.3) is 0 Å². The first kappa shape index (κ1) is 12.3. The van der Waals surface area contributed by atoms with E-state index in [9.17, 15) is 4.79 Å². The summed E-state index contributed by atoms with van der Waals surface area (Å²) >= 11 is 0. The van der Waals surface area contributed by atoms with Crippen LogP contribution in [0.1, 0.15) is 24.3 Å². The largest absolute Gasteiger partial charge is 0.492 e. The molecule has 0 aromatic carbocycles. The quantitative estimate of drug-likeness (QED) is 0.713. The minimum absolute atomic E-state index is 0.160. The number of ether oxygens (including phenoxy) is 3. The molecule has 1 rings (SSSR count). The highest BCUT2D eigenvalue weighted by atomic mass is 16.5. The van der Waals surface area contributed by atoms with E-state index in [2.05, 4.69) is 9.72 Å².